The number of rotatable bonds is 6. The lowest BCUT2D eigenvalue weighted by molar-refractivity contribution is 0.235. The summed E-state index contributed by atoms with van der Waals surface area (Å²) in [5.41, 5.74) is 2.96. The first-order chi connectivity index (χ1) is 9.86. The molecule has 0 N–H and O–H groups in total. The molecule has 1 saturated heterocycles. The maximum Gasteiger partial charge on any atom is 0.154 e. The molecule has 0 saturated carbocycles. The highest BCUT2D eigenvalue weighted by Crippen LogP contribution is 2.37. The van der Waals surface area contributed by atoms with Crippen LogP contribution in [-0.4, -0.2) is 24.0 Å². The van der Waals surface area contributed by atoms with Crippen LogP contribution in [0.3, 0.4) is 0 Å². The monoisotopic (exact) mass is 297 g/mol. The van der Waals surface area contributed by atoms with Gasteiger partial charge in [0.1, 0.15) is 6.33 Å². The van der Waals surface area contributed by atoms with E-state index in [0.717, 1.165) is 31.4 Å². The number of hydrogen-bond acceptors (Lipinski definition) is 1. The van der Waals surface area contributed by atoms with E-state index in [1.165, 1.54) is 12.0 Å². The number of allylic oxidation sites excluding steroid dienone is 4. The fourth-order valence-corrected chi connectivity index (χ4v) is 3.09. The third-order valence-electron chi connectivity index (χ3n) is 4.99. The van der Waals surface area contributed by atoms with Gasteiger partial charge in [-0.25, -0.2) is 8.78 Å². The molecule has 1 aliphatic rings. The first kappa shape index (κ1) is 18.1. The first-order valence-electron chi connectivity index (χ1n) is 7.90. The number of likely N-dealkylation sites (tertiary alicyclic amines) is 1. The highest BCUT2D eigenvalue weighted by molar-refractivity contribution is 5.33. The third-order valence-corrected chi connectivity index (χ3v) is 4.99. The van der Waals surface area contributed by atoms with Gasteiger partial charge >= 0.3 is 0 Å². The van der Waals surface area contributed by atoms with E-state index >= 15 is 0 Å². The SMILES string of the molecule is CCC/C=C(C/C(C)=C(/C)C1(C)CCCN1C)\C(F)=C\F. The second-order valence-electron chi connectivity index (χ2n) is 6.36. The molecule has 21 heavy (non-hydrogen) atoms. The lowest BCUT2D eigenvalue weighted by Crippen LogP contribution is -2.39. The van der Waals surface area contributed by atoms with Crippen molar-refractivity contribution in [3.05, 3.63) is 35.0 Å². The lowest BCUT2D eigenvalue weighted by atomic mass is 9.85. The molecule has 0 aliphatic carbocycles. The molecule has 3 heteroatoms. The molecule has 1 unspecified atom stereocenters. The number of likely N-dealkylation sites (N-methyl/N-ethyl adjacent to an activating group) is 1. The molecule has 1 heterocycles. The Hall–Kier alpha value is -0.960. The van der Waals surface area contributed by atoms with Gasteiger partial charge in [0.05, 0.1) is 0 Å². The summed E-state index contributed by atoms with van der Waals surface area (Å²) in [6.45, 7) is 9.55. The smallest absolute Gasteiger partial charge is 0.154 e. The van der Waals surface area contributed by atoms with Crippen LogP contribution in [0.1, 0.15) is 59.8 Å². The van der Waals surface area contributed by atoms with Crippen molar-refractivity contribution in [3.63, 3.8) is 0 Å². The third kappa shape index (κ3) is 4.26. The fourth-order valence-electron chi connectivity index (χ4n) is 3.09. The molecule has 1 aliphatic heterocycles. The second kappa shape index (κ2) is 7.88. The van der Waals surface area contributed by atoms with Gasteiger partial charge in [0.25, 0.3) is 0 Å². The van der Waals surface area contributed by atoms with Crippen molar-refractivity contribution >= 4 is 0 Å². The van der Waals surface area contributed by atoms with Gasteiger partial charge in [-0.2, -0.15) is 0 Å². The largest absolute Gasteiger partial charge is 0.297 e. The first-order valence-corrected chi connectivity index (χ1v) is 7.90. The topological polar surface area (TPSA) is 3.24 Å². The van der Waals surface area contributed by atoms with Gasteiger partial charge in [0.2, 0.25) is 0 Å². The molecular weight excluding hydrogens is 268 g/mol. The predicted octanol–water partition coefficient (Wildman–Crippen LogP) is 5.70. The van der Waals surface area contributed by atoms with E-state index in [0.29, 0.717) is 12.0 Å². The number of halogens is 2. The molecule has 0 amide bonds. The van der Waals surface area contributed by atoms with Crippen LogP contribution < -0.4 is 0 Å². The Kier molecular flexibility index (Phi) is 6.79. The van der Waals surface area contributed by atoms with E-state index in [1.54, 1.807) is 0 Å². The van der Waals surface area contributed by atoms with E-state index < -0.39 is 5.83 Å². The minimum atomic E-state index is -0.736. The van der Waals surface area contributed by atoms with Crippen LogP contribution in [0.5, 0.6) is 0 Å². The summed E-state index contributed by atoms with van der Waals surface area (Å²) in [5.74, 6) is -0.736. The Morgan fingerprint density at radius 2 is 2.00 bits per heavy atom. The van der Waals surface area contributed by atoms with Gasteiger partial charge in [0.15, 0.2) is 5.83 Å². The maximum absolute atomic E-state index is 13.7. The van der Waals surface area contributed by atoms with E-state index in [9.17, 15) is 8.78 Å². The molecule has 0 aromatic rings. The van der Waals surface area contributed by atoms with Crippen molar-refractivity contribution < 1.29 is 8.78 Å². The van der Waals surface area contributed by atoms with Crippen molar-refractivity contribution in [2.24, 2.45) is 0 Å². The molecule has 1 nitrogen and oxygen atoms in total. The molecule has 120 valence electrons. The zero-order valence-electron chi connectivity index (χ0n) is 14.1. The van der Waals surface area contributed by atoms with Crippen molar-refractivity contribution in [2.75, 3.05) is 13.6 Å². The quantitative estimate of drug-likeness (QED) is 0.449. The number of nitrogens with zero attached hydrogens (tertiary/aromatic N) is 1. The van der Waals surface area contributed by atoms with Gasteiger partial charge in [-0.05, 0) is 65.6 Å². The van der Waals surface area contributed by atoms with Gasteiger partial charge in [0, 0.05) is 5.54 Å². The Morgan fingerprint density at radius 3 is 2.48 bits per heavy atom. The Balaban J connectivity index is 2.99. The van der Waals surface area contributed by atoms with Crippen molar-refractivity contribution in [3.8, 4) is 0 Å². The molecule has 0 aromatic carbocycles. The standard InChI is InChI=1S/C18H29F2N/c1-6-7-9-16(17(20)13-19)12-14(2)15(3)18(4)10-8-11-21(18)5/h9,13H,6-8,10-12H2,1-5H3/b15-14-,16-9-,17-13-. The second-order valence-corrected chi connectivity index (χ2v) is 6.36. The van der Waals surface area contributed by atoms with Crippen LogP contribution in [0.15, 0.2) is 35.0 Å². The highest BCUT2D eigenvalue weighted by atomic mass is 19.2. The fraction of sp³-hybridized carbons (Fsp3) is 0.667. The minimum Gasteiger partial charge on any atom is -0.297 e. The van der Waals surface area contributed by atoms with Crippen LogP contribution in [0, 0.1) is 0 Å². The summed E-state index contributed by atoms with van der Waals surface area (Å²) in [6, 6.07) is 0. The number of unbranched alkanes of at least 4 members (excludes halogenated alkanes) is 1. The van der Waals surface area contributed by atoms with E-state index in [-0.39, 0.29) is 11.9 Å². The highest BCUT2D eigenvalue weighted by Gasteiger charge is 2.36. The van der Waals surface area contributed by atoms with Crippen LogP contribution >= 0.6 is 0 Å². The van der Waals surface area contributed by atoms with Crippen LogP contribution in [0.25, 0.3) is 0 Å². The van der Waals surface area contributed by atoms with E-state index in [1.807, 2.05) is 19.9 Å². The predicted molar refractivity (Wildman–Crippen MR) is 86.6 cm³/mol. The summed E-state index contributed by atoms with van der Waals surface area (Å²) in [4.78, 5) is 2.36. The van der Waals surface area contributed by atoms with E-state index in [2.05, 4.69) is 25.8 Å². The molecule has 0 radical (unpaired) electrons. The minimum absolute atomic E-state index is 0.0514. The number of hydrogen-bond donors (Lipinski definition) is 0. The van der Waals surface area contributed by atoms with Crippen molar-refractivity contribution in [1.29, 1.82) is 0 Å². The molecule has 1 fully saturated rings. The van der Waals surface area contributed by atoms with Crippen molar-refractivity contribution in [2.45, 2.75) is 65.3 Å². The zero-order chi connectivity index (χ0) is 16.0. The maximum atomic E-state index is 13.7. The van der Waals surface area contributed by atoms with Crippen LogP contribution in [0.2, 0.25) is 0 Å². The Bertz CT molecular complexity index is 448. The Labute approximate surface area is 128 Å². The van der Waals surface area contributed by atoms with Gasteiger partial charge in [-0.15, -0.1) is 0 Å². The summed E-state index contributed by atoms with van der Waals surface area (Å²) in [6.07, 6.45) is 6.42. The summed E-state index contributed by atoms with van der Waals surface area (Å²) in [5, 5.41) is 0. The van der Waals surface area contributed by atoms with Gasteiger partial charge < -0.3 is 0 Å². The normalized spacial score (nSPS) is 26.2. The molecule has 0 bridgehead atoms. The molecular formula is C18H29F2N. The molecule has 1 atom stereocenters. The van der Waals surface area contributed by atoms with Crippen LogP contribution in [-0.2, 0) is 0 Å². The summed E-state index contributed by atoms with van der Waals surface area (Å²) < 4.78 is 26.2. The van der Waals surface area contributed by atoms with Gasteiger partial charge in [-0.1, -0.05) is 30.6 Å². The average molecular weight is 297 g/mol. The summed E-state index contributed by atoms with van der Waals surface area (Å²) in [7, 11) is 2.14. The molecule has 0 spiro atoms. The summed E-state index contributed by atoms with van der Waals surface area (Å²) >= 11 is 0. The van der Waals surface area contributed by atoms with E-state index in [4.69, 9.17) is 0 Å². The zero-order valence-corrected chi connectivity index (χ0v) is 14.1. The Morgan fingerprint density at radius 1 is 1.33 bits per heavy atom. The van der Waals surface area contributed by atoms with Crippen LogP contribution in [0.4, 0.5) is 8.78 Å². The molecule has 1 rings (SSSR count). The van der Waals surface area contributed by atoms with Crippen molar-refractivity contribution in [1.82, 2.24) is 4.90 Å². The average Bonchev–Trinajstić information content (AvgIpc) is 2.82. The lowest BCUT2D eigenvalue weighted by Gasteiger charge is -2.35. The van der Waals surface area contributed by atoms with Gasteiger partial charge in [-0.3, -0.25) is 4.90 Å². The molecule has 0 aromatic heterocycles.